The first-order chi connectivity index (χ1) is 8.43. The quantitative estimate of drug-likeness (QED) is 0.621. The van der Waals surface area contributed by atoms with Gasteiger partial charge < -0.3 is 4.74 Å². The van der Waals surface area contributed by atoms with Gasteiger partial charge in [-0.1, -0.05) is 0 Å². The van der Waals surface area contributed by atoms with Crippen LogP contribution in [-0.4, -0.2) is 39.5 Å². The SMILES string of the molecule is CS(=O)(=O)N1CCOc2ccc(C(=O)CCl)cc21. The van der Waals surface area contributed by atoms with Crippen molar-refractivity contribution in [3.05, 3.63) is 23.8 Å². The Morgan fingerprint density at radius 2 is 2.22 bits per heavy atom. The van der Waals surface area contributed by atoms with E-state index in [1.54, 1.807) is 12.1 Å². The van der Waals surface area contributed by atoms with Crippen LogP contribution in [0.4, 0.5) is 5.69 Å². The minimum absolute atomic E-state index is 0.140. The summed E-state index contributed by atoms with van der Waals surface area (Å²) in [5, 5.41) is 0. The Morgan fingerprint density at radius 1 is 1.50 bits per heavy atom. The molecule has 18 heavy (non-hydrogen) atoms. The molecule has 1 heterocycles. The van der Waals surface area contributed by atoms with Gasteiger partial charge in [-0.05, 0) is 18.2 Å². The fourth-order valence-electron chi connectivity index (χ4n) is 1.79. The molecule has 0 aromatic heterocycles. The van der Waals surface area contributed by atoms with Crippen molar-refractivity contribution in [1.82, 2.24) is 0 Å². The maximum atomic E-state index is 11.7. The maximum absolute atomic E-state index is 11.7. The molecule has 0 atom stereocenters. The number of benzene rings is 1. The largest absolute Gasteiger partial charge is 0.489 e. The van der Waals surface area contributed by atoms with E-state index in [1.165, 1.54) is 10.4 Å². The van der Waals surface area contributed by atoms with E-state index < -0.39 is 10.0 Å². The van der Waals surface area contributed by atoms with E-state index in [0.29, 0.717) is 23.6 Å². The number of rotatable bonds is 3. The van der Waals surface area contributed by atoms with Gasteiger partial charge in [0, 0.05) is 5.56 Å². The van der Waals surface area contributed by atoms with Crippen LogP contribution in [0.3, 0.4) is 0 Å². The van der Waals surface area contributed by atoms with E-state index in [1.807, 2.05) is 0 Å². The standard InChI is InChI=1S/C11H12ClNO4S/c1-18(15,16)13-4-5-17-11-3-2-8(6-9(11)13)10(14)7-12/h2-3,6H,4-5,7H2,1H3. The summed E-state index contributed by atoms with van der Waals surface area (Å²) in [4.78, 5) is 11.5. The number of nitrogens with zero attached hydrogens (tertiary/aromatic N) is 1. The van der Waals surface area contributed by atoms with Crippen LogP contribution in [-0.2, 0) is 10.0 Å². The maximum Gasteiger partial charge on any atom is 0.232 e. The zero-order valence-corrected chi connectivity index (χ0v) is 11.3. The average molecular weight is 290 g/mol. The highest BCUT2D eigenvalue weighted by Gasteiger charge is 2.26. The second-order valence-corrected chi connectivity index (χ2v) is 6.10. The zero-order chi connectivity index (χ0) is 13.3. The van der Waals surface area contributed by atoms with Crippen molar-refractivity contribution < 1.29 is 17.9 Å². The third kappa shape index (κ3) is 2.44. The summed E-state index contributed by atoms with van der Waals surface area (Å²) in [7, 11) is -3.38. The summed E-state index contributed by atoms with van der Waals surface area (Å²) < 4.78 is 29.9. The Kier molecular flexibility index (Phi) is 3.49. The Balaban J connectivity index is 2.51. The van der Waals surface area contributed by atoms with E-state index in [2.05, 4.69) is 0 Å². The fraction of sp³-hybridized carbons (Fsp3) is 0.364. The van der Waals surface area contributed by atoms with Gasteiger partial charge in [0.2, 0.25) is 10.0 Å². The first-order valence-corrected chi connectivity index (χ1v) is 7.65. The summed E-state index contributed by atoms with van der Waals surface area (Å²) in [6, 6.07) is 4.67. The van der Waals surface area contributed by atoms with E-state index in [4.69, 9.17) is 16.3 Å². The predicted octanol–water partition coefficient (Wildman–Crippen LogP) is 1.27. The monoisotopic (exact) mass is 289 g/mol. The van der Waals surface area contributed by atoms with Crippen molar-refractivity contribution in [2.45, 2.75) is 0 Å². The first-order valence-electron chi connectivity index (χ1n) is 5.27. The number of anilines is 1. The molecule has 0 unspecified atom stereocenters. The van der Waals surface area contributed by atoms with E-state index in [-0.39, 0.29) is 18.2 Å². The molecule has 0 spiro atoms. The Morgan fingerprint density at radius 3 is 2.83 bits per heavy atom. The lowest BCUT2D eigenvalue weighted by atomic mass is 10.1. The van der Waals surface area contributed by atoms with Crippen LogP contribution in [0.15, 0.2) is 18.2 Å². The third-order valence-corrected chi connectivity index (χ3v) is 4.05. The highest BCUT2D eigenvalue weighted by Crippen LogP contribution is 2.34. The molecule has 1 aromatic carbocycles. The van der Waals surface area contributed by atoms with Gasteiger partial charge in [0.1, 0.15) is 12.4 Å². The van der Waals surface area contributed by atoms with Crippen molar-refractivity contribution in [3.63, 3.8) is 0 Å². The topological polar surface area (TPSA) is 63.7 Å². The molecule has 5 nitrogen and oxygen atoms in total. The molecule has 0 radical (unpaired) electrons. The molecule has 1 aliphatic rings. The van der Waals surface area contributed by atoms with Gasteiger partial charge in [0.25, 0.3) is 0 Å². The smallest absolute Gasteiger partial charge is 0.232 e. The number of ether oxygens (including phenoxy) is 1. The number of hydrogen-bond acceptors (Lipinski definition) is 4. The highest BCUT2D eigenvalue weighted by molar-refractivity contribution is 7.92. The minimum atomic E-state index is -3.38. The minimum Gasteiger partial charge on any atom is -0.489 e. The number of ketones is 1. The highest BCUT2D eigenvalue weighted by atomic mass is 35.5. The molecular weight excluding hydrogens is 278 g/mol. The summed E-state index contributed by atoms with van der Waals surface area (Å²) in [5.41, 5.74) is 0.766. The summed E-state index contributed by atoms with van der Waals surface area (Å²) in [6.07, 6.45) is 1.12. The number of alkyl halides is 1. The van der Waals surface area contributed by atoms with Gasteiger partial charge >= 0.3 is 0 Å². The van der Waals surface area contributed by atoms with Crippen molar-refractivity contribution in [1.29, 1.82) is 0 Å². The molecule has 0 N–H and O–H groups in total. The van der Waals surface area contributed by atoms with E-state index >= 15 is 0 Å². The first kappa shape index (κ1) is 13.2. The van der Waals surface area contributed by atoms with Crippen LogP contribution < -0.4 is 9.04 Å². The molecule has 0 aliphatic carbocycles. The molecule has 0 fully saturated rings. The molecule has 98 valence electrons. The van der Waals surface area contributed by atoms with Crippen molar-refractivity contribution in [2.75, 3.05) is 29.6 Å². The van der Waals surface area contributed by atoms with Crippen LogP contribution in [0.2, 0.25) is 0 Å². The zero-order valence-electron chi connectivity index (χ0n) is 9.72. The molecule has 7 heteroatoms. The van der Waals surface area contributed by atoms with Crippen LogP contribution in [0.25, 0.3) is 0 Å². The van der Waals surface area contributed by atoms with Gasteiger partial charge in [0.15, 0.2) is 5.78 Å². The summed E-state index contributed by atoms with van der Waals surface area (Å²) >= 11 is 5.48. The van der Waals surface area contributed by atoms with Crippen molar-refractivity contribution in [2.24, 2.45) is 0 Å². The number of carbonyl (C=O) groups excluding carboxylic acids is 1. The van der Waals surface area contributed by atoms with Gasteiger partial charge in [0.05, 0.1) is 24.4 Å². The number of sulfonamides is 1. The summed E-state index contributed by atoms with van der Waals surface area (Å²) in [6.45, 7) is 0.535. The number of halogens is 1. The molecule has 2 rings (SSSR count). The van der Waals surface area contributed by atoms with Crippen LogP contribution >= 0.6 is 11.6 Å². The van der Waals surface area contributed by atoms with Crippen molar-refractivity contribution >= 4 is 33.1 Å². The molecule has 1 aliphatic heterocycles. The second kappa shape index (κ2) is 4.78. The molecule has 0 saturated heterocycles. The number of hydrogen-bond donors (Lipinski definition) is 0. The Hall–Kier alpha value is -1.27. The van der Waals surface area contributed by atoms with Gasteiger partial charge in [-0.3, -0.25) is 9.10 Å². The lowest BCUT2D eigenvalue weighted by Crippen LogP contribution is -2.37. The Bertz CT molecular complexity index is 585. The van der Waals surface area contributed by atoms with Gasteiger partial charge in [-0.25, -0.2) is 8.42 Å². The predicted molar refractivity (Wildman–Crippen MR) is 69.2 cm³/mol. The van der Waals surface area contributed by atoms with E-state index in [0.717, 1.165) is 6.26 Å². The summed E-state index contributed by atoms with van der Waals surface area (Å²) in [5.74, 6) is 0.0645. The Labute approximate surface area is 110 Å². The molecule has 0 bridgehead atoms. The van der Waals surface area contributed by atoms with E-state index in [9.17, 15) is 13.2 Å². The van der Waals surface area contributed by atoms with Gasteiger partial charge in [-0.15, -0.1) is 11.6 Å². The molecule has 0 amide bonds. The number of fused-ring (bicyclic) bond motifs is 1. The van der Waals surface area contributed by atoms with Crippen LogP contribution in [0.1, 0.15) is 10.4 Å². The number of carbonyl (C=O) groups is 1. The second-order valence-electron chi connectivity index (χ2n) is 3.92. The number of Topliss-reactive ketones (excluding diaryl/α,β-unsaturated/α-hetero) is 1. The average Bonchev–Trinajstić information content (AvgIpc) is 2.35. The van der Waals surface area contributed by atoms with Crippen molar-refractivity contribution in [3.8, 4) is 5.75 Å². The third-order valence-electron chi connectivity index (χ3n) is 2.62. The normalized spacial score (nSPS) is 14.9. The van der Waals surface area contributed by atoms with Crippen LogP contribution in [0.5, 0.6) is 5.75 Å². The molecular formula is C11H12ClNO4S. The molecule has 0 saturated carbocycles. The fourth-order valence-corrected chi connectivity index (χ4v) is 2.85. The lowest BCUT2D eigenvalue weighted by molar-refractivity contribution is 0.102. The lowest BCUT2D eigenvalue weighted by Gasteiger charge is -2.29. The van der Waals surface area contributed by atoms with Gasteiger partial charge in [-0.2, -0.15) is 0 Å². The van der Waals surface area contributed by atoms with Crippen LogP contribution in [0, 0.1) is 0 Å². The molecule has 1 aromatic rings.